The highest BCUT2D eigenvalue weighted by Gasteiger charge is 2.32. The van der Waals surface area contributed by atoms with E-state index < -0.39 is 12.1 Å². The third kappa shape index (κ3) is 4.53. The van der Waals surface area contributed by atoms with Crippen LogP contribution in [-0.4, -0.2) is 27.2 Å². The van der Waals surface area contributed by atoms with Crippen molar-refractivity contribution in [2.45, 2.75) is 45.1 Å². The molecule has 1 unspecified atom stereocenters. The molecule has 8 heteroatoms. The highest BCUT2D eigenvalue weighted by atomic mass is 19.1. The van der Waals surface area contributed by atoms with Gasteiger partial charge in [0.05, 0.1) is 25.0 Å². The predicted octanol–water partition coefficient (Wildman–Crippen LogP) is 5.89. The molecule has 0 radical (unpaired) electrons. The minimum atomic E-state index is -0.863. The Morgan fingerprint density at radius 1 is 1.15 bits per heavy atom. The van der Waals surface area contributed by atoms with E-state index in [4.69, 9.17) is 14.6 Å². The van der Waals surface area contributed by atoms with Gasteiger partial charge in [-0.05, 0) is 78.8 Å². The summed E-state index contributed by atoms with van der Waals surface area (Å²) in [4.78, 5) is 27.7. The average Bonchev–Trinajstić information content (AvgIpc) is 3.51. The van der Waals surface area contributed by atoms with Crippen LogP contribution in [0.15, 0.2) is 59.7 Å². The van der Waals surface area contributed by atoms with Gasteiger partial charge in [-0.15, -0.1) is 0 Å². The number of nitrogens with zero attached hydrogens (tertiary/aromatic N) is 2. The molecular weight excluding hydrogens is 511 g/mol. The van der Waals surface area contributed by atoms with Crippen molar-refractivity contribution in [3.63, 3.8) is 0 Å². The van der Waals surface area contributed by atoms with Gasteiger partial charge in [-0.3, -0.25) is 9.59 Å². The normalized spacial score (nSPS) is 17.3. The molecule has 1 aliphatic heterocycles. The molecule has 6 rings (SSSR count). The molecule has 1 N–H and O–H groups in total. The largest absolute Gasteiger partial charge is 0.492 e. The van der Waals surface area contributed by atoms with Crippen LogP contribution < -0.4 is 15.0 Å². The van der Waals surface area contributed by atoms with Gasteiger partial charge in [0.1, 0.15) is 23.4 Å². The molecule has 0 bridgehead atoms. The van der Waals surface area contributed by atoms with Crippen LogP contribution in [0.2, 0.25) is 0 Å². The maximum absolute atomic E-state index is 15.3. The minimum absolute atomic E-state index is 0.0112. The summed E-state index contributed by atoms with van der Waals surface area (Å²) in [6.07, 6.45) is 2.39. The lowest BCUT2D eigenvalue weighted by Gasteiger charge is -2.19. The number of fused-ring (bicyclic) bond motifs is 2. The quantitative estimate of drug-likeness (QED) is 0.328. The second-order valence-electron chi connectivity index (χ2n) is 10.6. The van der Waals surface area contributed by atoms with Gasteiger partial charge in [-0.2, -0.15) is 0 Å². The number of aromatic nitrogens is 2. The Labute approximate surface area is 230 Å². The summed E-state index contributed by atoms with van der Waals surface area (Å²) in [5, 5.41) is 9.16. The summed E-state index contributed by atoms with van der Waals surface area (Å²) in [7, 11) is 1.67. The SMILES string of the molecule is Cc1cc(-c2cc(=O)n(C)cn2)cc(C)c1-c1ccc(F)c2c1CC[C@H]2Oc1ccc2c(c1)OCC2CC(=O)O. The number of carboxylic acid groups (broad SMARTS) is 1. The summed E-state index contributed by atoms with van der Waals surface area (Å²) < 4.78 is 28.7. The first-order valence-electron chi connectivity index (χ1n) is 13.3. The molecule has 4 aromatic rings. The third-order valence-corrected chi connectivity index (χ3v) is 7.92. The number of rotatable bonds is 6. The Bertz CT molecular complexity index is 1700. The monoisotopic (exact) mass is 540 g/mol. The summed E-state index contributed by atoms with van der Waals surface area (Å²) in [6.45, 7) is 4.37. The van der Waals surface area contributed by atoms with Crippen LogP contribution in [0.25, 0.3) is 22.4 Å². The Kier molecular flexibility index (Phi) is 6.41. The molecule has 2 heterocycles. The van der Waals surface area contributed by atoms with Crippen molar-refractivity contribution >= 4 is 5.97 Å². The lowest BCUT2D eigenvalue weighted by molar-refractivity contribution is -0.137. The molecule has 1 aliphatic carbocycles. The molecular formula is C32H29FN2O5. The molecule has 204 valence electrons. The fraction of sp³-hybridized carbons (Fsp3) is 0.281. The third-order valence-electron chi connectivity index (χ3n) is 7.92. The van der Waals surface area contributed by atoms with E-state index in [1.807, 2.05) is 38.1 Å². The number of carboxylic acids is 1. The molecule has 1 aromatic heterocycles. The average molecular weight is 541 g/mol. The molecule has 0 saturated heterocycles. The van der Waals surface area contributed by atoms with Crippen LogP contribution in [0.1, 0.15) is 52.7 Å². The predicted molar refractivity (Wildman–Crippen MR) is 148 cm³/mol. The van der Waals surface area contributed by atoms with Gasteiger partial charge >= 0.3 is 5.97 Å². The van der Waals surface area contributed by atoms with E-state index in [-0.39, 0.29) is 23.7 Å². The molecule has 2 atom stereocenters. The number of aryl methyl sites for hydroxylation is 3. The Morgan fingerprint density at radius 2 is 1.93 bits per heavy atom. The molecule has 7 nitrogen and oxygen atoms in total. The zero-order valence-corrected chi connectivity index (χ0v) is 22.5. The Balaban J connectivity index is 1.31. The molecule has 0 fully saturated rings. The number of ether oxygens (including phenoxy) is 2. The number of carbonyl (C=O) groups is 1. The highest BCUT2D eigenvalue weighted by Crippen LogP contribution is 2.45. The van der Waals surface area contributed by atoms with E-state index in [1.54, 1.807) is 19.2 Å². The van der Waals surface area contributed by atoms with Crippen LogP contribution in [0.3, 0.4) is 0 Å². The number of halogens is 1. The van der Waals surface area contributed by atoms with Crippen LogP contribution in [0, 0.1) is 19.7 Å². The topological polar surface area (TPSA) is 90.7 Å². The van der Waals surface area contributed by atoms with Gasteiger partial charge in [0.15, 0.2) is 0 Å². The molecule has 40 heavy (non-hydrogen) atoms. The van der Waals surface area contributed by atoms with Crippen LogP contribution in [0.5, 0.6) is 11.5 Å². The number of hydrogen-bond acceptors (Lipinski definition) is 5. The van der Waals surface area contributed by atoms with Crippen molar-refractivity contribution in [2.24, 2.45) is 7.05 Å². The van der Waals surface area contributed by atoms with E-state index >= 15 is 4.39 Å². The van der Waals surface area contributed by atoms with E-state index in [1.165, 1.54) is 23.0 Å². The number of hydrogen-bond donors (Lipinski definition) is 1. The van der Waals surface area contributed by atoms with Gasteiger partial charge in [0.25, 0.3) is 5.56 Å². The summed E-state index contributed by atoms with van der Waals surface area (Å²) in [5.74, 6) is -0.159. The summed E-state index contributed by atoms with van der Waals surface area (Å²) in [5.41, 5.74) is 7.78. The molecule has 0 amide bonds. The Hall–Kier alpha value is -4.46. The lowest BCUT2D eigenvalue weighted by Crippen LogP contribution is -2.15. The van der Waals surface area contributed by atoms with Crippen molar-refractivity contribution in [2.75, 3.05) is 6.61 Å². The fourth-order valence-corrected chi connectivity index (χ4v) is 6.06. The van der Waals surface area contributed by atoms with Crippen LogP contribution >= 0.6 is 0 Å². The molecule has 0 spiro atoms. The minimum Gasteiger partial charge on any atom is -0.492 e. The molecule has 3 aromatic carbocycles. The van der Waals surface area contributed by atoms with E-state index in [2.05, 4.69) is 4.98 Å². The van der Waals surface area contributed by atoms with E-state index in [0.29, 0.717) is 42.2 Å². The zero-order valence-electron chi connectivity index (χ0n) is 22.5. The summed E-state index contributed by atoms with van der Waals surface area (Å²) in [6, 6.07) is 14.3. The Morgan fingerprint density at radius 3 is 2.65 bits per heavy atom. The van der Waals surface area contributed by atoms with E-state index in [0.717, 1.165) is 38.9 Å². The van der Waals surface area contributed by atoms with Crippen LogP contribution in [0.4, 0.5) is 4.39 Å². The van der Waals surface area contributed by atoms with E-state index in [9.17, 15) is 9.59 Å². The van der Waals surface area contributed by atoms with Gasteiger partial charge in [0, 0.05) is 41.8 Å². The highest BCUT2D eigenvalue weighted by molar-refractivity contribution is 5.79. The second kappa shape index (κ2) is 9.93. The van der Waals surface area contributed by atoms with Crippen LogP contribution in [-0.2, 0) is 18.3 Å². The summed E-state index contributed by atoms with van der Waals surface area (Å²) >= 11 is 0. The molecule has 0 saturated carbocycles. The second-order valence-corrected chi connectivity index (χ2v) is 10.6. The van der Waals surface area contributed by atoms with Crippen molar-refractivity contribution in [1.29, 1.82) is 0 Å². The first-order chi connectivity index (χ1) is 19.2. The van der Waals surface area contributed by atoms with Gasteiger partial charge < -0.3 is 19.1 Å². The first-order valence-corrected chi connectivity index (χ1v) is 13.3. The maximum atomic E-state index is 15.3. The molecule has 2 aliphatic rings. The standard InChI is InChI=1S/C32H29FN2O5/c1-17-10-19(26-14-29(36)35(3)16-34-26)11-18(2)31(17)23-6-8-25(33)32-24(23)7-9-27(32)40-21-4-5-22-20(12-30(37)38)15-39-28(22)13-21/h4-6,8,10-11,13-14,16,20,27H,7,9,12,15H2,1-3H3,(H,37,38)/t20?,27-/m1/s1. The maximum Gasteiger partial charge on any atom is 0.304 e. The smallest absolute Gasteiger partial charge is 0.304 e. The van der Waals surface area contributed by atoms with Gasteiger partial charge in [0.2, 0.25) is 0 Å². The van der Waals surface area contributed by atoms with Gasteiger partial charge in [-0.1, -0.05) is 12.1 Å². The number of aliphatic carboxylic acids is 1. The van der Waals surface area contributed by atoms with Crippen molar-refractivity contribution in [1.82, 2.24) is 9.55 Å². The first kappa shape index (κ1) is 25.8. The van der Waals surface area contributed by atoms with Crippen molar-refractivity contribution < 1.29 is 23.8 Å². The lowest BCUT2D eigenvalue weighted by atomic mass is 9.88. The number of benzene rings is 3. The zero-order chi connectivity index (χ0) is 28.1. The van der Waals surface area contributed by atoms with Gasteiger partial charge in [-0.25, -0.2) is 9.37 Å². The van der Waals surface area contributed by atoms with Crippen molar-refractivity contribution in [3.05, 3.63) is 98.8 Å². The fourth-order valence-electron chi connectivity index (χ4n) is 6.06. The van der Waals surface area contributed by atoms with Crippen molar-refractivity contribution in [3.8, 4) is 33.9 Å².